The highest BCUT2D eigenvalue weighted by atomic mass is 16.8. The highest BCUT2D eigenvalue weighted by molar-refractivity contribution is 5.93. The number of carbonyl (C=O) groups is 1. The zero-order valence-corrected chi connectivity index (χ0v) is 22.0. The third kappa shape index (κ3) is 7.44. The summed E-state index contributed by atoms with van der Waals surface area (Å²) in [5, 5.41) is 6.04. The van der Waals surface area contributed by atoms with Crippen molar-refractivity contribution in [2.45, 2.75) is 63.7 Å². The maximum atomic E-state index is 12.5. The van der Waals surface area contributed by atoms with E-state index in [1.165, 1.54) is 43.1 Å². The number of fused-ring (bicyclic) bond motifs is 1. The molecule has 2 N–H and O–H groups in total. The summed E-state index contributed by atoms with van der Waals surface area (Å²) in [5.74, 6) is 0.619. The third-order valence-corrected chi connectivity index (χ3v) is 7.35. The summed E-state index contributed by atoms with van der Waals surface area (Å²) >= 11 is 0. The van der Waals surface area contributed by atoms with E-state index in [4.69, 9.17) is 14.3 Å². The first-order valence-electron chi connectivity index (χ1n) is 14.0. The number of nitrogens with one attached hydrogen (secondary N) is 2. The van der Waals surface area contributed by atoms with Gasteiger partial charge in [0.05, 0.1) is 0 Å². The minimum atomic E-state index is -0.365. The monoisotopic (exact) mass is 514 g/mol. The van der Waals surface area contributed by atoms with E-state index in [9.17, 15) is 4.79 Å². The average Bonchev–Trinajstić information content (AvgIpc) is 2.98. The number of amides is 1. The molecule has 1 amide bonds. The van der Waals surface area contributed by atoms with E-state index in [1.54, 1.807) is 0 Å². The van der Waals surface area contributed by atoms with Crippen LogP contribution in [0, 0.1) is 0 Å². The van der Waals surface area contributed by atoms with Crippen molar-refractivity contribution in [3.05, 3.63) is 83.4 Å². The summed E-state index contributed by atoms with van der Waals surface area (Å²) in [6, 6.07) is 22.6. The molecule has 1 heterocycles. The minimum Gasteiger partial charge on any atom is -0.489 e. The second-order valence-electron chi connectivity index (χ2n) is 10.3. The maximum absolute atomic E-state index is 12.5. The van der Waals surface area contributed by atoms with Crippen LogP contribution >= 0.6 is 0 Å². The fourth-order valence-corrected chi connectivity index (χ4v) is 5.17. The minimum absolute atomic E-state index is 0.270. The van der Waals surface area contributed by atoms with E-state index in [1.807, 2.05) is 48.5 Å². The zero-order valence-electron chi connectivity index (χ0n) is 22.0. The van der Waals surface area contributed by atoms with E-state index in [0.717, 1.165) is 42.5 Å². The van der Waals surface area contributed by atoms with E-state index in [-0.39, 0.29) is 12.2 Å². The Bertz CT molecular complexity index is 1210. The fourth-order valence-electron chi connectivity index (χ4n) is 5.17. The van der Waals surface area contributed by atoms with Gasteiger partial charge in [0.15, 0.2) is 6.29 Å². The molecule has 0 aromatic heterocycles. The maximum Gasteiger partial charge on any atom is 0.274 e. The van der Waals surface area contributed by atoms with Crippen LogP contribution in [0.4, 0.5) is 0 Å². The van der Waals surface area contributed by atoms with Crippen LogP contribution in [0.15, 0.2) is 72.3 Å². The number of benzene rings is 3. The molecule has 1 saturated heterocycles. The summed E-state index contributed by atoms with van der Waals surface area (Å²) in [4.78, 5) is 18.0. The quantitative estimate of drug-likeness (QED) is 0.306. The third-order valence-electron chi connectivity index (χ3n) is 7.35. The summed E-state index contributed by atoms with van der Waals surface area (Å²) in [5.41, 5.74) is 5.27. The first-order chi connectivity index (χ1) is 18.7. The lowest BCUT2D eigenvalue weighted by molar-refractivity contribution is -0.186. The molecule has 1 unspecified atom stereocenters. The Balaban J connectivity index is 1.25. The van der Waals surface area contributed by atoms with Gasteiger partial charge in [0.25, 0.3) is 5.91 Å². The number of ether oxygens (including phenoxy) is 2. The number of hydrogen-bond acceptors (Lipinski definition) is 5. The Kier molecular flexibility index (Phi) is 9.43. The highest BCUT2D eigenvalue weighted by Crippen LogP contribution is 2.26. The van der Waals surface area contributed by atoms with Gasteiger partial charge < -0.3 is 14.8 Å². The molecule has 3 aromatic carbocycles. The smallest absolute Gasteiger partial charge is 0.274 e. The number of rotatable bonds is 10. The number of hydrogen-bond donors (Lipinski definition) is 2. The fraction of sp³-hybridized carbons (Fsp3) is 0.406. The van der Waals surface area contributed by atoms with Crippen LogP contribution < -0.4 is 15.5 Å². The summed E-state index contributed by atoms with van der Waals surface area (Å²) in [6.07, 6.45) is 11.1. The molecule has 2 fully saturated rings. The van der Waals surface area contributed by atoms with Crippen LogP contribution in [0.25, 0.3) is 16.8 Å². The second kappa shape index (κ2) is 13.6. The van der Waals surface area contributed by atoms with Crippen LogP contribution in [-0.4, -0.2) is 38.0 Å². The Morgan fingerprint density at radius 2 is 1.68 bits per heavy atom. The van der Waals surface area contributed by atoms with Gasteiger partial charge in [-0.2, -0.15) is 0 Å². The molecule has 38 heavy (non-hydrogen) atoms. The van der Waals surface area contributed by atoms with Gasteiger partial charge in [0.2, 0.25) is 0 Å². The highest BCUT2D eigenvalue weighted by Gasteiger charge is 2.17. The normalized spacial score (nSPS) is 18.8. The van der Waals surface area contributed by atoms with Crippen molar-refractivity contribution in [3.8, 4) is 5.75 Å². The largest absolute Gasteiger partial charge is 0.489 e. The van der Waals surface area contributed by atoms with Gasteiger partial charge in [-0.25, -0.2) is 10.3 Å². The Morgan fingerprint density at radius 1 is 0.895 bits per heavy atom. The zero-order chi connectivity index (χ0) is 26.0. The SMILES string of the molecule is O=C(NOC1CCCCO1)c1ccc(/C=C(\CNC2CCCCC2)COc2cccc3ccccc23)cc1. The summed E-state index contributed by atoms with van der Waals surface area (Å²) in [6.45, 7) is 1.93. The van der Waals surface area contributed by atoms with Gasteiger partial charge in [0.1, 0.15) is 12.4 Å². The van der Waals surface area contributed by atoms with Gasteiger partial charge >= 0.3 is 0 Å². The molecule has 1 atom stereocenters. The standard InChI is InChI=1S/C32H38N2O4/c35-32(34-38-31-15-6-7-20-36-31)27-18-16-24(17-19-27)21-25(22-33-28-11-2-1-3-12-28)23-37-30-14-8-10-26-9-4-5-13-29(26)30/h4-5,8-10,13-14,16-19,21,28,31,33H,1-3,6-7,11-12,15,20,22-23H2,(H,34,35)/b25-21+. The molecule has 1 aliphatic heterocycles. The van der Waals surface area contributed by atoms with E-state index in [2.05, 4.69) is 35.1 Å². The Morgan fingerprint density at radius 3 is 2.50 bits per heavy atom. The van der Waals surface area contributed by atoms with Crippen LogP contribution in [-0.2, 0) is 9.57 Å². The van der Waals surface area contributed by atoms with E-state index in [0.29, 0.717) is 24.8 Å². The van der Waals surface area contributed by atoms with Gasteiger partial charge in [-0.15, -0.1) is 0 Å². The van der Waals surface area contributed by atoms with Gasteiger partial charge in [-0.3, -0.25) is 4.79 Å². The van der Waals surface area contributed by atoms with E-state index < -0.39 is 0 Å². The number of carbonyl (C=O) groups excluding carboxylic acids is 1. The topological polar surface area (TPSA) is 68.8 Å². The predicted octanol–water partition coefficient (Wildman–Crippen LogP) is 6.41. The molecule has 6 nitrogen and oxygen atoms in total. The van der Waals surface area contributed by atoms with Crippen molar-refractivity contribution in [2.24, 2.45) is 0 Å². The molecule has 0 radical (unpaired) electrons. The Hall–Kier alpha value is -3.19. The molecule has 6 heteroatoms. The molecule has 200 valence electrons. The van der Waals surface area contributed by atoms with Crippen molar-refractivity contribution < 1.29 is 19.1 Å². The second-order valence-corrected chi connectivity index (χ2v) is 10.3. The lowest BCUT2D eigenvalue weighted by Gasteiger charge is -2.23. The van der Waals surface area contributed by atoms with Crippen LogP contribution in [0.2, 0.25) is 0 Å². The lowest BCUT2D eigenvalue weighted by Crippen LogP contribution is -2.33. The van der Waals surface area contributed by atoms with Crippen molar-refractivity contribution >= 4 is 22.8 Å². The van der Waals surface area contributed by atoms with Crippen molar-refractivity contribution in [3.63, 3.8) is 0 Å². The van der Waals surface area contributed by atoms with Crippen molar-refractivity contribution in [1.82, 2.24) is 10.8 Å². The van der Waals surface area contributed by atoms with Crippen molar-refractivity contribution in [1.29, 1.82) is 0 Å². The molecule has 1 saturated carbocycles. The average molecular weight is 515 g/mol. The molecule has 5 rings (SSSR count). The first-order valence-corrected chi connectivity index (χ1v) is 14.0. The predicted molar refractivity (Wildman–Crippen MR) is 151 cm³/mol. The molecule has 2 aliphatic rings. The first kappa shape index (κ1) is 26.4. The van der Waals surface area contributed by atoms with Gasteiger partial charge in [-0.1, -0.05) is 73.9 Å². The van der Waals surface area contributed by atoms with Gasteiger partial charge in [-0.05, 0) is 60.4 Å². The van der Waals surface area contributed by atoms with Crippen LogP contribution in [0.3, 0.4) is 0 Å². The molecule has 1 aliphatic carbocycles. The van der Waals surface area contributed by atoms with Crippen LogP contribution in [0.1, 0.15) is 67.3 Å². The molecular formula is C32H38N2O4. The molecule has 0 spiro atoms. The number of hydroxylamine groups is 1. The molecular weight excluding hydrogens is 476 g/mol. The Labute approximate surface area is 225 Å². The van der Waals surface area contributed by atoms with Crippen molar-refractivity contribution in [2.75, 3.05) is 19.8 Å². The van der Waals surface area contributed by atoms with Crippen LogP contribution in [0.5, 0.6) is 5.75 Å². The summed E-state index contributed by atoms with van der Waals surface area (Å²) < 4.78 is 11.9. The van der Waals surface area contributed by atoms with Gasteiger partial charge in [0, 0.05) is 36.6 Å². The molecule has 3 aromatic rings. The summed E-state index contributed by atoms with van der Waals surface area (Å²) in [7, 11) is 0. The van der Waals surface area contributed by atoms with E-state index >= 15 is 0 Å². The molecule has 0 bridgehead atoms. The lowest BCUT2D eigenvalue weighted by atomic mass is 9.95.